The normalized spacial score (nSPS) is 27.0. The minimum absolute atomic E-state index is 0.233. The van der Waals surface area contributed by atoms with Crippen LogP contribution in [0.3, 0.4) is 0 Å². The van der Waals surface area contributed by atoms with Crippen molar-refractivity contribution in [2.75, 3.05) is 20.2 Å². The second-order valence-corrected chi connectivity index (χ2v) is 4.35. The molecule has 1 fully saturated rings. The molecule has 90 valence electrons. The van der Waals surface area contributed by atoms with Gasteiger partial charge in [-0.05, 0) is 25.1 Å². The molecule has 3 rings (SSSR count). The molecule has 0 bridgehead atoms. The maximum Gasteiger partial charge on any atom is 0.220 e. The highest BCUT2D eigenvalue weighted by molar-refractivity contribution is 5.98. The first-order chi connectivity index (χ1) is 8.38. The van der Waals surface area contributed by atoms with E-state index in [4.69, 9.17) is 9.47 Å². The van der Waals surface area contributed by atoms with Crippen LogP contribution in [-0.2, 0) is 4.74 Å². The van der Waals surface area contributed by atoms with Gasteiger partial charge in [0, 0.05) is 6.54 Å². The molecule has 1 aromatic rings. The number of piperidine rings is 1. The van der Waals surface area contributed by atoms with Crippen LogP contribution in [0.25, 0.3) is 0 Å². The van der Waals surface area contributed by atoms with E-state index in [0.29, 0.717) is 0 Å². The molecule has 0 aromatic heterocycles. The van der Waals surface area contributed by atoms with Crippen molar-refractivity contribution in [2.24, 2.45) is 4.99 Å². The third kappa shape index (κ3) is 1.89. The van der Waals surface area contributed by atoms with Crippen LogP contribution in [0.1, 0.15) is 12.0 Å². The molecule has 0 spiro atoms. The molecule has 2 aliphatic heterocycles. The highest BCUT2D eigenvalue weighted by Gasteiger charge is 2.34. The number of aliphatic imine (C=N–C) groups is 1. The van der Waals surface area contributed by atoms with Crippen molar-refractivity contribution < 1.29 is 9.47 Å². The topological polar surface area (TPSA) is 42.8 Å². The summed E-state index contributed by atoms with van der Waals surface area (Å²) < 4.78 is 11.3. The Balaban J connectivity index is 1.89. The molecule has 1 aromatic carbocycles. The first-order valence-electron chi connectivity index (χ1n) is 5.97. The zero-order valence-electron chi connectivity index (χ0n) is 9.85. The van der Waals surface area contributed by atoms with Crippen molar-refractivity contribution in [3.63, 3.8) is 0 Å². The van der Waals surface area contributed by atoms with Gasteiger partial charge in [-0.1, -0.05) is 12.1 Å². The van der Waals surface area contributed by atoms with E-state index in [2.05, 4.69) is 10.3 Å². The van der Waals surface area contributed by atoms with Gasteiger partial charge < -0.3 is 14.8 Å². The van der Waals surface area contributed by atoms with Gasteiger partial charge in [-0.25, -0.2) is 4.99 Å². The first kappa shape index (κ1) is 10.6. The van der Waals surface area contributed by atoms with E-state index in [1.165, 1.54) is 0 Å². The number of para-hydroxylation sites is 1. The number of rotatable bonds is 2. The molecular weight excluding hydrogens is 216 g/mol. The van der Waals surface area contributed by atoms with E-state index in [-0.39, 0.29) is 12.1 Å². The molecule has 2 aliphatic rings. The molecule has 2 unspecified atom stereocenters. The van der Waals surface area contributed by atoms with Gasteiger partial charge in [-0.2, -0.15) is 0 Å². The van der Waals surface area contributed by atoms with Crippen LogP contribution in [0.2, 0.25) is 0 Å². The molecule has 0 radical (unpaired) electrons. The Bertz CT molecular complexity index is 445. The quantitative estimate of drug-likeness (QED) is 0.833. The van der Waals surface area contributed by atoms with Crippen LogP contribution in [0.4, 0.5) is 0 Å². The summed E-state index contributed by atoms with van der Waals surface area (Å²) >= 11 is 0. The van der Waals surface area contributed by atoms with Crippen LogP contribution in [-0.4, -0.2) is 38.2 Å². The van der Waals surface area contributed by atoms with Crippen LogP contribution >= 0.6 is 0 Å². The van der Waals surface area contributed by atoms with Gasteiger partial charge in [0.2, 0.25) is 5.90 Å². The average Bonchev–Trinajstić information content (AvgIpc) is 2.82. The van der Waals surface area contributed by atoms with Crippen LogP contribution < -0.4 is 10.1 Å². The Morgan fingerprint density at radius 3 is 3.12 bits per heavy atom. The Morgan fingerprint density at radius 2 is 2.29 bits per heavy atom. The average molecular weight is 232 g/mol. The zero-order chi connectivity index (χ0) is 11.7. The molecular formula is C13H16N2O2. The van der Waals surface area contributed by atoms with Crippen molar-refractivity contribution in [3.8, 4) is 5.75 Å². The van der Waals surface area contributed by atoms with Gasteiger partial charge >= 0.3 is 0 Å². The summed E-state index contributed by atoms with van der Waals surface area (Å²) in [5.74, 6) is 1.54. The monoisotopic (exact) mass is 232 g/mol. The highest BCUT2D eigenvalue weighted by atomic mass is 16.5. The molecule has 4 nitrogen and oxygen atoms in total. The highest BCUT2D eigenvalue weighted by Crippen LogP contribution is 2.26. The van der Waals surface area contributed by atoms with Gasteiger partial charge in [-0.3, -0.25) is 0 Å². The summed E-state index contributed by atoms with van der Waals surface area (Å²) in [6.45, 7) is 1.92. The zero-order valence-corrected chi connectivity index (χ0v) is 9.85. The molecule has 1 saturated heterocycles. The van der Waals surface area contributed by atoms with Gasteiger partial charge in [-0.15, -0.1) is 0 Å². The van der Waals surface area contributed by atoms with Crippen molar-refractivity contribution in [2.45, 2.75) is 18.6 Å². The second-order valence-electron chi connectivity index (χ2n) is 4.35. The van der Waals surface area contributed by atoms with Crippen molar-refractivity contribution >= 4 is 5.90 Å². The number of hydrogen-bond donors (Lipinski definition) is 1. The summed E-state index contributed by atoms with van der Waals surface area (Å²) in [6, 6.07) is 8.10. The summed E-state index contributed by atoms with van der Waals surface area (Å²) in [5.41, 5.74) is 0.949. The summed E-state index contributed by atoms with van der Waals surface area (Å²) in [7, 11) is 1.67. The van der Waals surface area contributed by atoms with E-state index in [1.54, 1.807) is 7.11 Å². The largest absolute Gasteiger partial charge is 0.496 e. The lowest BCUT2D eigenvalue weighted by molar-refractivity contribution is 0.161. The predicted molar refractivity (Wildman–Crippen MR) is 65.7 cm³/mol. The number of fused-ring (bicyclic) bond motifs is 1. The van der Waals surface area contributed by atoms with Crippen LogP contribution in [0, 0.1) is 0 Å². The maximum atomic E-state index is 5.92. The predicted octanol–water partition coefficient (Wildman–Crippen LogP) is 1.20. The number of nitrogens with zero attached hydrogens (tertiary/aromatic N) is 1. The molecule has 4 heteroatoms. The molecule has 1 N–H and O–H groups in total. The molecule has 0 saturated carbocycles. The maximum absolute atomic E-state index is 5.92. The number of benzene rings is 1. The summed E-state index contributed by atoms with van der Waals surface area (Å²) in [4.78, 5) is 4.64. The molecule has 0 amide bonds. The number of hydrogen-bond acceptors (Lipinski definition) is 4. The van der Waals surface area contributed by atoms with E-state index in [9.17, 15) is 0 Å². The fourth-order valence-corrected chi connectivity index (χ4v) is 2.36. The standard InChI is InChI=1S/C13H16N2O2/c1-16-11-5-3-2-4-9(11)13-15-10-8-14-7-6-12(10)17-13/h2-5,10,12,14H,6-8H2,1H3. The Morgan fingerprint density at radius 1 is 1.41 bits per heavy atom. The Kier molecular flexibility index (Phi) is 2.73. The summed E-state index contributed by atoms with van der Waals surface area (Å²) in [5, 5.41) is 3.34. The number of ether oxygens (including phenoxy) is 2. The fraction of sp³-hybridized carbons (Fsp3) is 0.462. The minimum Gasteiger partial charge on any atom is -0.496 e. The van der Waals surface area contributed by atoms with E-state index >= 15 is 0 Å². The molecule has 17 heavy (non-hydrogen) atoms. The SMILES string of the molecule is COc1ccccc1C1=NC2CNCCC2O1. The molecule has 0 aliphatic carbocycles. The third-order valence-electron chi connectivity index (χ3n) is 3.27. The Hall–Kier alpha value is -1.55. The molecule has 2 atom stereocenters. The van der Waals surface area contributed by atoms with Gasteiger partial charge in [0.15, 0.2) is 0 Å². The van der Waals surface area contributed by atoms with Crippen molar-refractivity contribution in [1.29, 1.82) is 0 Å². The van der Waals surface area contributed by atoms with Crippen molar-refractivity contribution in [1.82, 2.24) is 5.32 Å². The molecule has 2 heterocycles. The van der Waals surface area contributed by atoms with E-state index in [1.807, 2.05) is 24.3 Å². The second kappa shape index (κ2) is 4.37. The van der Waals surface area contributed by atoms with Crippen molar-refractivity contribution in [3.05, 3.63) is 29.8 Å². The number of nitrogens with one attached hydrogen (secondary N) is 1. The van der Waals surface area contributed by atoms with Crippen LogP contribution in [0.5, 0.6) is 5.75 Å². The lowest BCUT2D eigenvalue weighted by atomic mass is 10.1. The lowest BCUT2D eigenvalue weighted by Gasteiger charge is -2.23. The lowest BCUT2D eigenvalue weighted by Crippen LogP contribution is -2.41. The smallest absolute Gasteiger partial charge is 0.220 e. The van der Waals surface area contributed by atoms with Crippen LogP contribution in [0.15, 0.2) is 29.3 Å². The summed E-state index contributed by atoms with van der Waals surface area (Å²) in [6.07, 6.45) is 1.25. The van der Waals surface area contributed by atoms with Gasteiger partial charge in [0.25, 0.3) is 0 Å². The van der Waals surface area contributed by atoms with Gasteiger partial charge in [0.05, 0.1) is 12.7 Å². The minimum atomic E-state index is 0.233. The first-order valence-corrected chi connectivity index (χ1v) is 5.97. The van der Waals surface area contributed by atoms with E-state index in [0.717, 1.165) is 36.7 Å². The van der Waals surface area contributed by atoms with E-state index < -0.39 is 0 Å². The van der Waals surface area contributed by atoms with Gasteiger partial charge in [0.1, 0.15) is 17.9 Å². The third-order valence-corrected chi connectivity index (χ3v) is 3.27. The fourth-order valence-electron chi connectivity index (χ4n) is 2.36. The Labute approximate surface area is 101 Å². The number of methoxy groups -OCH3 is 1.